The van der Waals surface area contributed by atoms with Crippen molar-refractivity contribution >= 4 is 23.4 Å². The maximum Gasteiger partial charge on any atom is 0.251 e. The summed E-state index contributed by atoms with van der Waals surface area (Å²) in [7, 11) is 0. The van der Waals surface area contributed by atoms with Crippen LogP contribution in [0.25, 0.3) is 11.1 Å². The first kappa shape index (κ1) is 28.6. The average Bonchev–Trinajstić information content (AvgIpc) is 3.80. The Morgan fingerprint density at radius 3 is 2.24 bits per heavy atom. The van der Waals surface area contributed by atoms with E-state index < -0.39 is 6.04 Å². The summed E-state index contributed by atoms with van der Waals surface area (Å²) in [6.45, 7) is 1.24. The van der Waals surface area contributed by atoms with Crippen molar-refractivity contribution in [3.63, 3.8) is 0 Å². The fourth-order valence-corrected chi connectivity index (χ4v) is 5.38. The minimum atomic E-state index is -0.631. The van der Waals surface area contributed by atoms with Crippen molar-refractivity contribution in [3.05, 3.63) is 131 Å². The van der Waals surface area contributed by atoms with Gasteiger partial charge in [0.25, 0.3) is 5.91 Å². The van der Waals surface area contributed by atoms with Crippen LogP contribution in [0, 0.1) is 0 Å². The van der Waals surface area contributed by atoms with Gasteiger partial charge in [-0.25, -0.2) is 0 Å². The van der Waals surface area contributed by atoms with Gasteiger partial charge in [-0.2, -0.15) is 0 Å². The van der Waals surface area contributed by atoms with Crippen molar-refractivity contribution in [1.29, 1.82) is 0 Å². The Morgan fingerprint density at radius 2 is 1.51 bits per heavy atom. The third kappa shape index (κ3) is 8.29. The van der Waals surface area contributed by atoms with Crippen LogP contribution >= 0.6 is 11.6 Å². The molecular weight excluding hydrogens is 530 g/mol. The molecule has 0 aromatic heterocycles. The van der Waals surface area contributed by atoms with Crippen LogP contribution in [-0.2, 0) is 11.3 Å². The fourth-order valence-electron chi connectivity index (χ4n) is 5.16. The highest BCUT2D eigenvalue weighted by molar-refractivity contribution is 6.30. The van der Waals surface area contributed by atoms with Crippen LogP contribution in [0.4, 0.5) is 0 Å². The van der Waals surface area contributed by atoms with Crippen molar-refractivity contribution in [1.82, 2.24) is 16.0 Å². The molecule has 0 spiro atoms. The standard InChI is InChI=1S/C35H36ClN3O2/c36-30-15-9-10-25(22-30)24-38-35(41)32(16-7-8-21-37-33-23-31(33)28-13-5-2-6-14-28)39-34(40)29-19-17-27(18-20-29)26-11-3-1-4-12-26/h1-6,9-15,17-20,22,31-33,37H,7-8,16,21,23-24H2,(H,38,41)(H,39,40)/t31-,32+,33+/m1/s1. The monoisotopic (exact) mass is 565 g/mol. The molecule has 0 radical (unpaired) electrons. The van der Waals surface area contributed by atoms with Crippen LogP contribution in [0.15, 0.2) is 109 Å². The summed E-state index contributed by atoms with van der Waals surface area (Å²) in [6.07, 6.45) is 3.47. The molecule has 4 aromatic rings. The molecule has 1 aliphatic carbocycles. The number of nitrogens with one attached hydrogen (secondary N) is 3. The molecule has 2 amide bonds. The lowest BCUT2D eigenvalue weighted by atomic mass is 10.0. The smallest absolute Gasteiger partial charge is 0.251 e. The molecule has 1 aliphatic rings. The second-order valence-electron chi connectivity index (χ2n) is 10.6. The fraction of sp³-hybridized carbons (Fsp3) is 0.257. The van der Waals surface area contributed by atoms with Gasteiger partial charge in [-0.15, -0.1) is 0 Å². The second kappa shape index (κ2) is 14.1. The highest BCUT2D eigenvalue weighted by Gasteiger charge is 2.37. The van der Waals surface area contributed by atoms with Gasteiger partial charge in [0.1, 0.15) is 6.04 Å². The highest BCUT2D eigenvalue weighted by Crippen LogP contribution is 2.40. The number of amides is 2. The molecule has 5 nitrogen and oxygen atoms in total. The quantitative estimate of drug-likeness (QED) is 0.157. The summed E-state index contributed by atoms with van der Waals surface area (Å²) < 4.78 is 0. The van der Waals surface area contributed by atoms with Crippen LogP contribution in [0.5, 0.6) is 0 Å². The molecule has 3 atom stereocenters. The van der Waals surface area contributed by atoms with E-state index in [0.29, 0.717) is 35.5 Å². The maximum absolute atomic E-state index is 13.2. The van der Waals surface area contributed by atoms with Crippen LogP contribution < -0.4 is 16.0 Å². The normalized spacial score (nSPS) is 16.5. The number of benzene rings is 4. The number of carbonyl (C=O) groups excluding carboxylic acids is 2. The molecule has 5 rings (SSSR count). The van der Waals surface area contributed by atoms with Crippen molar-refractivity contribution in [2.45, 2.75) is 50.2 Å². The van der Waals surface area contributed by atoms with Gasteiger partial charge in [0.05, 0.1) is 0 Å². The summed E-state index contributed by atoms with van der Waals surface area (Å²) in [6, 6.07) is 35.4. The lowest BCUT2D eigenvalue weighted by molar-refractivity contribution is -0.123. The van der Waals surface area contributed by atoms with Gasteiger partial charge in [-0.1, -0.05) is 96.5 Å². The SMILES string of the molecule is O=C(N[C@@H](CCCCN[C@H]1C[C@@H]1c1ccccc1)C(=O)NCc1cccc(Cl)c1)c1ccc(-c2ccccc2)cc1. The number of unbranched alkanes of at least 4 members (excludes halogenated alkanes) is 1. The van der Waals surface area contributed by atoms with Gasteiger partial charge < -0.3 is 16.0 Å². The molecule has 0 aliphatic heterocycles. The predicted octanol–water partition coefficient (Wildman–Crippen LogP) is 6.74. The Hall–Kier alpha value is -3.93. The first-order valence-corrected chi connectivity index (χ1v) is 14.7. The van der Waals surface area contributed by atoms with E-state index in [9.17, 15) is 9.59 Å². The van der Waals surface area contributed by atoms with Crippen molar-refractivity contribution in [2.75, 3.05) is 6.54 Å². The van der Waals surface area contributed by atoms with Crippen LogP contribution in [-0.4, -0.2) is 30.4 Å². The summed E-state index contributed by atoms with van der Waals surface area (Å²) in [5, 5.41) is 10.2. The molecule has 0 unspecified atom stereocenters. The largest absolute Gasteiger partial charge is 0.350 e. The number of rotatable bonds is 13. The van der Waals surface area contributed by atoms with E-state index in [-0.39, 0.29) is 11.8 Å². The molecule has 1 saturated carbocycles. The third-order valence-electron chi connectivity index (χ3n) is 7.58. The number of carbonyl (C=O) groups is 2. The Morgan fingerprint density at radius 1 is 0.805 bits per heavy atom. The summed E-state index contributed by atoms with van der Waals surface area (Å²) in [4.78, 5) is 26.4. The molecule has 41 heavy (non-hydrogen) atoms. The van der Waals surface area contributed by atoms with E-state index in [4.69, 9.17) is 11.6 Å². The molecule has 4 aromatic carbocycles. The predicted molar refractivity (Wildman–Crippen MR) is 166 cm³/mol. The minimum absolute atomic E-state index is 0.196. The minimum Gasteiger partial charge on any atom is -0.350 e. The second-order valence-corrected chi connectivity index (χ2v) is 11.1. The lowest BCUT2D eigenvalue weighted by Gasteiger charge is -2.19. The van der Waals surface area contributed by atoms with E-state index in [0.717, 1.165) is 42.5 Å². The number of hydrogen-bond acceptors (Lipinski definition) is 3. The van der Waals surface area contributed by atoms with Crippen molar-refractivity contribution in [2.24, 2.45) is 0 Å². The van der Waals surface area contributed by atoms with Gasteiger partial charge in [0.15, 0.2) is 0 Å². The molecule has 210 valence electrons. The van der Waals surface area contributed by atoms with Gasteiger partial charge >= 0.3 is 0 Å². The molecule has 1 fully saturated rings. The average molecular weight is 566 g/mol. The summed E-state index contributed by atoms with van der Waals surface area (Å²) in [5.74, 6) is 0.140. The molecule has 0 saturated heterocycles. The topological polar surface area (TPSA) is 70.2 Å². The Labute approximate surface area is 247 Å². The molecular formula is C35H36ClN3O2. The molecule has 6 heteroatoms. The lowest BCUT2D eigenvalue weighted by Crippen LogP contribution is -2.46. The highest BCUT2D eigenvalue weighted by atomic mass is 35.5. The van der Waals surface area contributed by atoms with Crippen LogP contribution in [0.2, 0.25) is 5.02 Å². The van der Waals surface area contributed by atoms with Crippen LogP contribution in [0.1, 0.15) is 53.1 Å². The van der Waals surface area contributed by atoms with Gasteiger partial charge in [-0.05, 0) is 78.7 Å². The van der Waals surface area contributed by atoms with Gasteiger partial charge in [0.2, 0.25) is 5.91 Å². The van der Waals surface area contributed by atoms with Gasteiger partial charge in [0, 0.05) is 29.1 Å². The first-order valence-electron chi connectivity index (χ1n) is 14.3. The Bertz CT molecular complexity index is 1430. The van der Waals surface area contributed by atoms with Gasteiger partial charge in [-0.3, -0.25) is 9.59 Å². The zero-order valence-corrected chi connectivity index (χ0v) is 23.8. The summed E-state index contributed by atoms with van der Waals surface area (Å²) in [5.41, 5.74) is 4.96. The number of hydrogen-bond donors (Lipinski definition) is 3. The Kier molecular flexibility index (Phi) is 9.84. The van der Waals surface area contributed by atoms with E-state index in [1.165, 1.54) is 5.56 Å². The zero-order valence-electron chi connectivity index (χ0n) is 23.1. The van der Waals surface area contributed by atoms with E-state index in [1.807, 2.05) is 60.7 Å². The molecule has 0 heterocycles. The number of halogens is 1. The van der Waals surface area contributed by atoms with Crippen LogP contribution in [0.3, 0.4) is 0 Å². The molecule has 0 bridgehead atoms. The van der Waals surface area contributed by atoms with E-state index in [2.05, 4.69) is 46.3 Å². The zero-order chi connectivity index (χ0) is 28.4. The van der Waals surface area contributed by atoms with E-state index in [1.54, 1.807) is 18.2 Å². The Balaban J connectivity index is 1.15. The summed E-state index contributed by atoms with van der Waals surface area (Å²) >= 11 is 6.10. The van der Waals surface area contributed by atoms with Crippen molar-refractivity contribution < 1.29 is 9.59 Å². The molecule has 3 N–H and O–H groups in total. The maximum atomic E-state index is 13.2. The first-order chi connectivity index (χ1) is 20.1. The van der Waals surface area contributed by atoms with Crippen molar-refractivity contribution in [3.8, 4) is 11.1 Å². The van der Waals surface area contributed by atoms with E-state index >= 15 is 0 Å². The third-order valence-corrected chi connectivity index (χ3v) is 7.81.